The summed E-state index contributed by atoms with van der Waals surface area (Å²) in [4.78, 5) is 0. The summed E-state index contributed by atoms with van der Waals surface area (Å²) in [6.45, 7) is 1.08. The highest BCUT2D eigenvalue weighted by atomic mass is 19.1. The molecule has 3 heteroatoms. The molecular weight excluding hydrogens is 217 g/mol. The van der Waals surface area contributed by atoms with Gasteiger partial charge < -0.3 is 9.73 Å². The van der Waals surface area contributed by atoms with Crippen molar-refractivity contribution in [3.8, 4) is 0 Å². The summed E-state index contributed by atoms with van der Waals surface area (Å²) in [7, 11) is 0. The molecule has 0 radical (unpaired) electrons. The molecule has 90 valence electrons. The maximum Gasteiger partial charge on any atom is 0.137 e. The topological polar surface area (TPSA) is 25.2 Å². The lowest BCUT2D eigenvalue weighted by Crippen LogP contribution is -2.35. The normalized spacial score (nSPS) is 20.9. The van der Waals surface area contributed by atoms with Crippen LogP contribution in [0.1, 0.15) is 25.0 Å². The number of hydrogen-bond acceptors (Lipinski definition) is 2. The van der Waals surface area contributed by atoms with Crippen molar-refractivity contribution in [3.05, 3.63) is 35.8 Å². The molecule has 2 nitrogen and oxygen atoms in total. The van der Waals surface area contributed by atoms with Crippen LogP contribution in [0.3, 0.4) is 0 Å². The van der Waals surface area contributed by atoms with Crippen molar-refractivity contribution in [2.24, 2.45) is 0 Å². The van der Waals surface area contributed by atoms with Gasteiger partial charge in [0.25, 0.3) is 0 Å². The first-order valence-corrected chi connectivity index (χ1v) is 6.23. The van der Waals surface area contributed by atoms with Crippen LogP contribution in [-0.4, -0.2) is 12.6 Å². The van der Waals surface area contributed by atoms with Gasteiger partial charge in [-0.2, -0.15) is 0 Å². The fraction of sp³-hybridized carbons (Fsp3) is 0.429. The minimum atomic E-state index is -0.200. The van der Waals surface area contributed by atoms with Crippen LogP contribution < -0.4 is 5.32 Å². The van der Waals surface area contributed by atoms with Crippen LogP contribution in [0.4, 0.5) is 4.39 Å². The van der Waals surface area contributed by atoms with Gasteiger partial charge in [-0.1, -0.05) is 12.5 Å². The summed E-state index contributed by atoms with van der Waals surface area (Å²) in [6.07, 6.45) is 4.56. The average Bonchev–Trinajstić information content (AvgIpc) is 2.74. The maximum absolute atomic E-state index is 13.5. The molecule has 1 unspecified atom stereocenters. The van der Waals surface area contributed by atoms with Gasteiger partial charge in [0, 0.05) is 12.5 Å². The fourth-order valence-electron chi connectivity index (χ4n) is 2.52. The highest BCUT2D eigenvalue weighted by molar-refractivity contribution is 5.78. The minimum Gasteiger partial charge on any atom is -0.461 e. The Morgan fingerprint density at radius 2 is 2.29 bits per heavy atom. The molecule has 1 N–H and O–H groups in total. The maximum atomic E-state index is 13.5. The Morgan fingerprint density at radius 1 is 1.35 bits per heavy atom. The van der Waals surface area contributed by atoms with Gasteiger partial charge in [0.2, 0.25) is 0 Å². The minimum absolute atomic E-state index is 0.200. The van der Waals surface area contributed by atoms with E-state index in [0.29, 0.717) is 17.0 Å². The highest BCUT2D eigenvalue weighted by Gasteiger charge is 2.16. The molecular formula is C14H16FNO. The van der Waals surface area contributed by atoms with Gasteiger partial charge in [-0.05, 0) is 37.6 Å². The van der Waals surface area contributed by atoms with Crippen LogP contribution in [0.15, 0.2) is 28.7 Å². The standard InChI is InChI=1S/C14H16FNO/c15-13-5-3-6-14-12(13)9-11(17-14)8-10-4-1-2-7-16-10/h3,5-6,9-10,16H,1-2,4,7-8H2. The number of hydrogen-bond donors (Lipinski definition) is 1. The zero-order valence-corrected chi connectivity index (χ0v) is 9.71. The molecule has 1 saturated heterocycles. The lowest BCUT2D eigenvalue weighted by molar-refractivity contribution is 0.378. The summed E-state index contributed by atoms with van der Waals surface area (Å²) in [5.41, 5.74) is 0.649. The molecule has 17 heavy (non-hydrogen) atoms. The molecule has 1 aromatic heterocycles. The molecule has 2 heterocycles. The van der Waals surface area contributed by atoms with E-state index in [9.17, 15) is 4.39 Å². The van der Waals surface area contributed by atoms with E-state index >= 15 is 0 Å². The Hall–Kier alpha value is -1.35. The molecule has 1 atom stereocenters. The second-order valence-corrected chi connectivity index (χ2v) is 4.72. The summed E-state index contributed by atoms with van der Waals surface area (Å²) in [5, 5.41) is 4.07. The lowest BCUT2D eigenvalue weighted by Gasteiger charge is -2.22. The van der Waals surface area contributed by atoms with Crippen LogP contribution in [0.2, 0.25) is 0 Å². The van der Waals surface area contributed by atoms with Crippen molar-refractivity contribution >= 4 is 11.0 Å². The van der Waals surface area contributed by atoms with E-state index in [2.05, 4.69) is 5.32 Å². The van der Waals surface area contributed by atoms with Crippen molar-refractivity contribution in [2.75, 3.05) is 6.54 Å². The van der Waals surface area contributed by atoms with Gasteiger partial charge in [-0.15, -0.1) is 0 Å². The first-order valence-electron chi connectivity index (χ1n) is 6.23. The lowest BCUT2D eigenvalue weighted by atomic mass is 10.0. The van der Waals surface area contributed by atoms with Crippen LogP contribution >= 0.6 is 0 Å². The van der Waals surface area contributed by atoms with E-state index in [-0.39, 0.29) is 5.82 Å². The summed E-state index contributed by atoms with van der Waals surface area (Å²) in [6, 6.07) is 7.29. The van der Waals surface area contributed by atoms with E-state index in [4.69, 9.17) is 4.42 Å². The van der Waals surface area contributed by atoms with Crippen LogP contribution in [0, 0.1) is 5.82 Å². The summed E-state index contributed by atoms with van der Waals surface area (Å²) < 4.78 is 19.2. The molecule has 1 fully saturated rings. The number of furan rings is 1. The molecule has 0 aliphatic carbocycles. The number of fused-ring (bicyclic) bond motifs is 1. The Balaban J connectivity index is 1.83. The Bertz CT molecular complexity index is 514. The second kappa shape index (κ2) is 4.49. The number of benzene rings is 1. The number of piperidine rings is 1. The molecule has 1 aliphatic heterocycles. The summed E-state index contributed by atoms with van der Waals surface area (Å²) in [5.74, 6) is 0.679. The molecule has 0 bridgehead atoms. The quantitative estimate of drug-likeness (QED) is 0.861. The van der Waals surface area contributed by atoms with Gasteiger partial charge in [0.1, 0.15) is 17.2 Å². The predicted molar refractivity (Wildman–Crippen MR) is 65.5 cm³/mol. The number of nitrogens with one attached hydrogen (secondary N) is 1. The van der Waals surface area contributed by atoms with Gasteiger partial charge >= 0.3 is 0 Å². The smallest absolute Gasteiger partial charge is 0.137 e. The molecule has 3 rings (SSSR count). The average molecular weight is 233 g/mol. The van der Waals surface area contributed by atoms with E-state index in [1.807, 2.05) is 12.1 Å². The van der Waals surface area contributed by atoms with Crippen LogP contribution in [0.25, 0.3) is 11.0 Å². The van der Waals surface area contributed by atoms with Gasteiger partial charge in [-0.25, -0.2) is 4.39 Å². The van der Waals surface area contributed by atoms with Crippen molar-refractivity contribution in [3.63, 3.8) is 0 Å². The van der Waals surface area contributed by atoms with E-state index < -0.39 is 0 Å². The predicted octanol–water partition coefficient (Wildman–Crippen LogP) is 3.26. The number of rotatable bonds is 2. The van der Waals surface area contributed by atoms with Crippen molar-refractivity contribution < 1.29 is 8.81 Å². The van der Waals surface area contributed by atoms with E-state index in [1.54, 1.807) is 6.07 Å². The molecule has 0 amide bonds. The van der Waals surface area contributed by atoms with Crippen molar-refractivity contribution in [2.45, 2.75) is 31.7 Å². The highest BCUT2D eigenvalue weighted by Crippen LogP contribution is 2.23. The third kappa shape index (κ3) is 2.20. The largest absolute Gasteiger partial charge is 0.461 e. The first kappa shape index (κ1) is 10.8. The zero-order valence-electron chi connectivity index (χ0n) is 9.71. The van der Waals surface area contributed by atoms with Gasteiger partial charge in [0.15, 0.2) is 0 Å². The molecule has 2 aromatic rings. The Kier molecular flexibility index (Phi) is 2.85. The van der Waals surface area contributed by atoms with Crippen LogP contribution in [-0.2, 0) is 6.42 Å². The molecule has 1 aliphatic rings. The fourth-order valence-corrected chi connectivity index (χ4v) is 2.52. The SMILES string of the molecule is Fc1cccc2oc(CC3CCCCN3)cc12. The second-order valence-electron chi connectivity index (χ2n) is 4.72. The van der Waals surface area contributed by atoms with Crippen molar-refractivity contribution in [1.82, 2.24) is 5.32 Å². The monoisotopic (exact) mass is 233 g/mol. The zero-order chi connectivity index (χ0) is 11.7. The van der Waals surface area contributed by atoms with E-state index in [1.165, 1.54) is 25.3 Å². The first-order chi connectivity index (χ1) is 8.33. The van der Waals surface area contributed by atoms with E-state index in [0.717, 1.165) is 18.7 Å². The number of halogens is 1. The van der Waals surface area contributed by atoms with Crippen LogP contribution in [0.5, 0.6) is 0 Å². The third-order valence-corrected chi connectivity index (χ3v) is 3.42. The Labute approximate surface area is 99.8 Å². The van der Waals surface area contributed by atoms with Gasteiger partial charge in [0.05, 0.1) is 5.39 Å². The third-order valence-electron chi connectivity index (χ3n) is 3.42. The summed E-state index contributed by atoms with van der Waals surface area (Å²) >= 11 is 0. The van der Waals surface area contributed by atoms with Gasteiger partial charge in [-0.3, -0.25) is 0 Å². The van der Waals surface area contributed by atoms with Crippen molar-refractivity contribution in [1.29, 1.82) is 0 Å². The molecule has 0 saturated carbocycles. The molecule has 0 spiro atoms. The Morgan fingerprint density at radius 3 is 3.06 bits per heavy atom. The molecule has 1 aromatic carbocycles.